The number of guanidine groups is 2. The minimum absolute atomic E-state index is 0.0211. The van der Waals surface area contributed by atoms with Crippen molar-refractivity contribution >= 4 is 29.4 Å². The largest absolute Gasteiger partial charge is 0.392 e. The second-order valence-corrected chi connectivity index (χ2v) is 12.8. The summed E-state index contributed by atoms with van der Waals surface area (Å²) in [7, 11) is 1.92. The Hall–Kier alpha value is -3.45. The molecule has 6 aliphatic rings. The number of amides is 2. The lowest BCUT2D eigenvalue weighted by atomic mass is 9.93. The van der Waals surface area contributed by atoms with E-state index in [0.29, 0.717) is 35.7 Å². The first-order valence-corrected chi connectivity index (χ1v) is 13.9. The maximum absolute atomic E-state index is 12.2. The first-order chi connectivity index (χ1) is 18.7. The standard InChI is InChI=1S/C15H23N5O2.C12H19N5O/c1-6-11(8-3-9(8)12(6)21)17-4-7-5-20(2)13-10(7)14(22)19-15(16)18-13;1-6(13)7-5-17(12(2,3)4)9-8(7)10(18)16-11(14)15-9/h5-6,8-13,17,21H,3-4H2,1-2H3,(H3,16,18,19,22);5,8-9,13H,1-4H3,(H3,14,15,16,18). The minimum atomic E-state index is -0.421. The summed E-state index contributed by atoms with van der Waals surface area (Å²) in [5.41, 5.74) is 7.61. The maximum Gasteiger partial charge on any atom is 0.238 e. The van der Waals surface area contributed by atoms with Gasteiger partial charge in [-0.25, -0.2) is 4.99 Å². The molecule has 2 aliphatic carbocycles. The van der Waals surface area contributed by atoms with E-state index in [9.17, 15) is 14.7 Å². The van der Waals surface area contributed by atoms with Crippen molar-refractivity contribution in [3.05, 3.63) is 23.5 Å². The summed E-state index contributed by atoms with van der Waals surface area (Å²) in [6.45, 7) is 10.6. The molecule has 4 aliphatic heterocycles. The summed E-state index contributed by atoms with van der Waals surface area (Å²) < 4.78 is 0. The number of hydrogen-bond acceptors (Lipinski definition) is 10. The van der Waals surface area contributed by atoms with Gasteiger partial charge in [-0.2, -0.15) is 0 Å². The van der Waals surface area contributed by atoms with Gasteiger partial charge in [-0.05, 0) is 57.4 Å². The zero-order valence-corrected chi connectivity index (χ0v) is 23.9. The minimum Gasteiger partial charge on any atom is -0.392 e. The van der Waals surface area contributed by atoms with Crippen molar-refractivity contribution in [1.29, 1.82) is 10.8 Å². The lowest BCUT2D eigenvalue weighted by molar-refractivity contribution is -0.125. The van der Waals surface area contributed by atoms with Gasteiger partial charge >= 0.3 is 0 Å². The molecule has 0 aromatic heterocycles. The molecule has 1 saturated heterocycles. The van der Waals surface area contributed by atoms with Crippen LogP contribution in [0.5, 0.6) is 0 Å². The van der Waals surface area contributed by atoms with Gasteiger partial charge in [0.15, 0.2) is 11.9 Å². The van der Waals surface area contributed by atoms with Gasteiger partial charge in [0.2, 0.25) is 11.8 Å². The van der Waals surface area contributed by atoms with Crippen LogP contribution in [0.3, 0.4) is 0 Å². The second-order valence-electron chi connectivity index (χ2n) is 12.8. The molecule has 0 bridgehead atoms. The summed E-state index contributed by atoms with van der Waals surface area (Å²) in [6, 6.07) is 0.338. The van der Waals surface area contributed by atoms with Gasteiger partial charge in [0.1, 0.15) is 24.2 Å². The Balaban J connectivity index is 0.000000165. The van der Waals surface area contributed by atoms with Crippen LogP contribution < -0.4 is 27.0 Å². The Kier molecular flexibility index (Phi) is 6.94. The molecule has 9 N–H and O–H groups in total. The SMILES string of the molecule is CC(=N)C1=CN(C(C)(C)C)C2NC(=N)NC(=O)C12.CC1C(O)C2CC2C1NCC1=CN(C)C2N=C(N)NC(=O)C12. The topological polar surface area (TPSA) is 195 Å². The summed E-state index contributed by atoms with van der Waals surface area (Å²) in [6.07, 6.45) is 4.29. The van der Waals surface area contributed by atoms with Crippen molar-refractivity contribution in [3.63, 3.8) is 0 Å². The molecule has 2 amide bonds. The van der Waals surface area contributed by atoms with Crippen LogP contribution in [0.2, 0.25) is 0 Å². The third-order valence-corrected chi connectivity index (χ3v) is 8.99. The second kappa shape index (κ2) is 9.88. The molecule has 0 aromatic rings. The third-order valence-electron chi connectivity index (χ3n) is 8.99. The molecule has 9 unspecified atom stereocenters. The van der Waals surface area contributed by atoms with E-state index >= 15 is 0 Å². The van der Waals surface area contributed by atoms with Crippen LogP contribution >= 0.6 is 0 Å². The van der Waals surface area contributed by atoms with E-state index in [1.54, 1.807) is 6.92 Å². The van der Waals surface area contributed by atoms with E-state index < -0.39 is 5.92 Å². The van der Waals surface area contributed by atoms with E-state index in [1.165, 1.54) is 0 Å². The molecule has 218 valence electrons. The van der Waals surface area contributed by atoms with Gasteiger partial charge in [0.25, 0.3) is 0 Å². The normalized spacial score (nSPS) is 37.5. The number of nitrogens with zero attached hydrogens (tertiary/aromatic N) is 3. The summed E-state index contributed by atoms with van der Waals surface area (Å²) in [5.74, 6) is 0.552. The van der Waals surface area contributed by atoms with Crippen molar-refractivity contribution < 1.29 is 14.7 Å². The van der Waals surface area contributed by atoms with Crippen molar-refractivity contribution in [2.75, 3.05) is 13.6 Å². The van der Waals surface area contributed by atoms with Gasteiger partial charge in [0.05, 0.1) is 6.10 Å². The van der Waals surface area contributed by atoms with Crippen molar-refractivity contribution in [2.45, 2.75) is 71.1 Å². The number of aliphatic imine (C=N–C) groups is 1. The summed E-state index contributed by atoms with van der Waals surface area (Å²) >= 11 is 0. The highest BCUT2D eigenvalue weighted by molar-refractivity contribution is 6.08. The molecule has 6 rings (SSSR count). The smallest absolute Gasteiger partial charge is 0.238 e. The number of aliphatic hydroxyl groups excluding tert-OH is 1. The molecule has 0 aromatic carbocycles. The van der Waals surface area contributed by atoms with Crippen LogP contribution in [-0.4, -0.2) is 88.0 Å². The quantitative estimate of drug-likeness (QED) is 0.211. The predicted octanol–water partition coefficient (Wildman–Crippen LogP) is -0.572. The van der Waals surface area contributed by atoms with Crippen LogP contribution in [0, 0.1) is 40.4 Å². The average Bonchev–Trinajstić information content (AvgIpc) is 3.33. The molecular weight excluding hydrogens is 512 g/mol. The molecule has 0 spiro atoms. The van der Waals surface area contributed by atoms with E-state index in [2.05, 4.69) is 33.2 Å². The first-order valence-electron chi connectivity index (χ1n) is 13.9. The highest BCUT2D eigenvalue weighted by atomic mass is 16.3. The summed E-state index contributed by atoms with van der Waals surface area (Å²) in [4.78, 5) is 32.5. The predicted molar refractivity (Wildman–Crippen MR) is 151 cm³/mol. The highest BCUT2D eigenvalue weighted by Crippen LogP contribution is 2.54. The Morgan fingerprint density at radius 2 is 1.88 bits per heavy atom. The van der Waals surface area contributed by atoms with Crippen LogP contribution in [0.25, 0.3) is 0 Å². The monoisotopic (exact) mass is 554 g/mol. The maximum atomic E-state index is 12.2. The van der Waals surface area contributed by atoms with E-state index in [1.807, 2.05) is 50.0 Å². The fourth-order valence-corrected chi connectivity index (χ4v) is 6.86. The van der Waals surface area contributed by atoms with Crippen LogP contribution in [0.1, 0.15) is 41.0 Å². The summed E-state index contributed by atoms with van der Waals surface area (Å²) in [5, 5.41) is 37.1. The van der Waals surface area contributed by atoms with E-state index in [0.717, 1.165) is 12.0 Å². The van der Waals surface area contributed by atoms with Crippen molar-refractivity contribution in [2.24, 2.45) is 40.3 Å². The Morgan fingerprint density at radius 1 is 1.20 bits per heavy atom. The number of rotatable bonds is 4. The van der Waals surface area contributed by atoms with E-state index in [-0.39, 0.29) is 59.5 Å². The van der Waals surface area contributed by atoms with E-state index in [4.69, 9.17) is 16.6 Å². The number of fused-ring (bicyclic) bond motifs is 3. The lowest BCUT2D eigenvalue weighted by Crippen LogP contribution is -2.64. The van der Waals surface area contributed by atoms with Crippen molar-refractivity contribution in [1.82, 2.24) is 31.1 Å². The zero-order valence-electron chi connectivity index (χ0n) is 23.9. The molecule has 13 heteroatoms. The number of carbonyl (C=O) groups is 2. The fraction of sp³-hybridized carbons (Fsp3) is 0.667. The Labute approximate surface area is 234 Å². The number of carbonyl (C=O) groups excluding carboxylic acids is 2. The van der Waals surface area contributed by atoms with Gasteiger partial charge in [-0.1, -0.05) is 6.92 Å². The fourth-order valence-electron chi connectivity index (χ4n) is 6.86. The molecule has 13 nitrogen and oxygen atoms in total. The van der Waals surface area contributed by atoms with Crippen LogP contribution in [0.4, 0.5) is 0 Å². The average molecular weight is 555 g/mol. The molecule has 0 radical (unpaired) electrons. The van der Waals surface area contributed by atoms with Crippen molar-refractivity contribution in [3.8, 4) is 0 Å². The van der Waals surface area contributed by atoms with Gasteiger partial charge in [0, 0.05) is 48.9 Å². The van der Waals surface area contributed by atoms with Gasteiger partial charge < -0.3 is 36.7 Å². The lowest BCUT2D eigenvalue weighted by Gasteiger charge is -2.41. The molecule has 2 saturated carbocycles. The number of nitrogens with two attached hydrogens (primary N) is 1. The molecule has 40 heavy (non-hydrogen) atoms. The third kappa shape index (κ3) is 4.85. The Bertz CT molecular complexity index is 1220. The van der Waals surface area contributed by atoms with Crippen LogP contribution in [0.15, 0.2) is 28.5 Å². The molecule has 4 heterocycles. The van der Waals surface area contributed by atoms with Gasteiger partial charge in [-0.15, -0.1) is 0 Å². The zero-order chi connectivity index (χ0) is 29.3. The number of hydrogen-bond donors (Lipinski definition) is 8. The van der Waals surface area contributed by atoms with Crippen LogP contribution in [-0.2, 0) is 9.59 Å². The highest BCUT2D eigenvalue weighted by Gasteiger charge is 2.57. The number of aliphatic hydroxyl groups is 1. The first kappa shape index (κ1) is 28.1. The number of nitrogens with one attached hydrogen (secondary N) is 6. The van der Waals surface area contributed by atoms with Gasteiger partial charge in [-0.3, -0.25) is 25.6 Å². The molecular formula is C27H42N10O3. The Morgan fingerprint density at radius 3 is 2.48 bits per heavy atom. The molecule has 3 fully saturated rings. The molecule has 9 atom stereocenters.